The van der Waals surface area contributed by atoms with Gasteiger partial charge >= 0.3 is 0 Å². The second-order valence-corrected chi connectivity index (χ2v) is 6.48. The van der Waals surface area contributed by atoms with Crippen molar-refractivity contribution < 1.29 is 8.42 Å². The van der Waals surface area contributed by atoms with Crippen LogP contribution in [-0.4, -0.2) is 35.5 Å². The highest BCUT2D eigenvalue weighted by atomic mass is 32.2. The van der Waals surface area contributed by atoms with E-state index in [1.165, 1.54) is 10.5 Å². The number of nitrogens with zero attached hydrogens (tertiary/aromatic N) is 2. The van der Waals surface area contributed by atoms with Gasteiger partial charge in [0.25, 0.3) is 0 Å². The number of nitrogen functional groups attached to an aromatic ring is 1. The molecule has 17 heavy (non-hydrogen) atoms. The third-order valence-corrected chi connectivity index (χ3v) is 5.55. The van der Waals surface area contributed by atoms with E-state index in [0.29, 0.717) is 12.5 Å². The van der Waals surface area contributed by atoms with Crippen LogP contribution in [0.1, 0.15) is 26.7 Å². The Bertz CT molecular complexity index is 496. The smallest absolute Gasteiger partial charge is 0.248 e. The first kappa shape index (κ1) is 12.4. The third kappa shape index (κ3) is 2.04. The SMILES string of the molecule is CC1CCCN(S(=O)(=O)c2cn[nH]c2N)C1C. The van der Waals surface area contributed by atoms with Crippen LogP contribution in [0.4, 0.5) is 5.82 Å². The van der Waals surface area contributed by atoms with Crippen LogP contribution >= 0.6 is 0 Å². The molecule has 2 heterocycles. The van der Waals surface area contributed by atoms with Crippen molar-refractivity contribution in [3.8, 4) is 0 Å². The molecule has 2 rings (SSSR count). The van der Waals surface area contributed by atoms with Crippen LogP contribution in [0.5, 0.6) is 0 Å². The van der Waals surface area contributed by atoms with Crippen molar-refractivity contribution >= 4 is 15.8 Å². The molecule has 3 N–H and O–H groups in total. The molecule has 0 saturated carbocycles. The number of anilines is 1. The zero-order valence-electron chi connectivity index (χ0n) is 10.0. The zero-order chi connectivity index (χ0) is 12.6. The molecule has 1 aliphatic rings. The van der Waals surface area contributed by atoms with Gasteiger partial charge in [0.2, 0.25) is 10.0 Å². The highest BCUT2D eigenvalue weighted by Crippen LogP contribution is 2.29. The maximum absolute atomic E-state index is 12.4. The maximum Gasteiger partial charge on any atom is 0.248 e. The van der Waals surface area contributed by atoms with E-state index in [2.05, 4.69) is 17.1 Å². The molecule has 2 unspecified atom stereocenters. The quantitative estimate of drug-likeness (QED) is 0.820. The first-order chi connectivity index (χ1) is 7.94. The van der Waals surface area contributed by atoms with Crippen molar-refractivity contribution in [1.29, 1.82) is 0 Å². The second kappa shape index (κ2) is 4.30. The van der Waals surface area contributed by atoms with Crippen molar-refractivity contribution in [2.45, 2.75) is 37.6 Å². The number of H-pyrrole nitrogens is 1. The normalized spacial score (nSPS) is 27.2. The molecule has 96 valence electrons. The molecule has 2 atom stereocenters. The van der Waals surface area contributed by atoms with E-state index in [0.717, 1.165) is 12.8 Å². The van der Waals surface area contributed by atoms with E-state index in [1.807, 2.05) is 6.92 Å². The molecule has 1 fully saturated rings. The molecule has 0 bridgehead atoms. The van der Waals surface area contributed by atoms with Gasteiger partial charge in [0.05, 0.1) is 6.20 Å². The predicted octanol–water partition coefficient (Wildman–Crippen LogP) is 0.801. The van der Waals surface area contributed by atoms with Crippen molar-refractivity contribution in [3.05, 3.63) is 6.20 Å². The average Bonchev–Trinajstić information content (AvgIpc) is 2.69. The molecular weight excluding hydrogens is 240 g/mol. The first-order valence-corrected chi connectivity index (χ1v) is 7.19. The molecule has 1 aromatic heterocycles. The van der Waals surface area contributed by atoms with Gasteiger partial charge in [0.15, 0.2) is 0 Å². The Morgan fingerprint density at radius 3 is 2.82 bits per heavy atom. The average molecular weight is 258 g/mol. The Morgan fingerprint density at radius 2 is 2.24 bits per heavy atom. The minimum Gasteiger partial charge on any atom is -0.383 e. The zero-order valence-corrected chi connectivity index (χ0v) is 10.9. The van der Waals surface area contributed by atoms with Gasteiger partial charge in [-0.1, -0.05) is 6.92 Å². The van der Waals surface area contributed by atoms with Gasteiger partial charge in [0.1, 0.15) is 10.7 Å². The van der Waals surface area contributed by atoms with E-state index in [-0.39, 0.29) is 16.8 Å². The number of aromatic amines is 1. The summed E-state index contributed by atoms with van der Waals surface area (Å²) in [4.78, 5) is 0.0819. The lowest BCUT2D eigenvalue weighted by atomic mass is 9.94. The first-order valence-electron chi connectivity index (χ1n) is 5.75. The highest BCUT2D eigenvalue weighted by molar-refractivity contribution is 7.89. The van der Waals surface area contributed by atoms with Crippen LogP contribution in [0.25, 0.3) is 0 Å². The molecule has 0 aliphatic carbocycles. The van der Waals surface area contributed by atoms with Gasteiger partial charge in [-0.15, -0.1) is 0 Å². The van der Waals surface area contributed by atoms with E-state index in [4.69, 9.17) is 5.73 Å². The van der Waals surface area contributed by atoms with Crippen molar-refractivity contribution in [2.24, 2.45) is 5.92 Å². The van der Waals surface area contributed by atoms with Gasteiger partial charge in [-0.3, -0.25) is 5.10 Å². The lowest BCUT2D eigenvalue weighted by Crippen LogP contribution is -2.45. The summed E-state index contributed by atoms with van der Waals surface area (Å²) in [7, 11) is -3.52. The fourth-order valence-corrected chi connectivity index (χ4v) is 4.03. The van der Waals surface area contributed by atoms with E-state index < -0.39 is 10.0 Å². The van der Waals surface area contributed by atoms with Crippen molar-refractivity contribution in [2.75, 3.05) is 12.3 Å². The fourth-order valence-electron chi connectivity index (χ4n) is 2.25. The van der Waals surface area contributed by atoms with Crippen LogP contribution < -0.4 is 5.73 Å². The lowest BCUT2D eigenvalue weighted by molar-refractivity contribution is 0.202. The largest absolute Gasteiger partial charge is 0.383 e. The van der Waals surface area contributed by atoms with E-state index >= 15 is 0 Å². The number of piperidine rings is 1. The Balaban J connectivity index is 2.36. The van der Waals surface area contributed by atoms with Crippen molar-refractivity contribution in [3.63, 3.8) is 0 Å². The Hall–Kier alpha value is -1.08. The second-order valence-electron chi connectivity index (χ2n) is 4.62. The van der Waals surface area contributed by atoms with Gasteiger partial charge in [-0.2, -0.15) is 9.40 Å². The molecule has 0 amide bonds. The topological polar surface area (TPSA) is 92.1 Å². The van der Waals surface area contributed by atoms with Crippen LogP contribution in [0.3, 0.4) is 0 Å². The van der Waals surface area contributed by atoms with Crippen LogP contribution in [-0.2, 0) is 10.0 Å². The molecule has 1 aromatic rings. The van der Waals surface area contributed by atoms with E-state index in [1.54, 1.807) is 0 Å². The summed E-state index contributed by atoms with van der Waals surface area (Å²) < 4.78 is 26.4. The van der Waals surface area contributed by atoms with Crippen LogP contribution in [0.15, 0.2) is 11.1 Å². The number of aromatic nitrogens is 2. The number of nitrogens with one attached hydrogen (secondary N) is 1. The lowest BCUT2D eigenvalue weighted by Gasteiger charge is -2.36. The number of nitrogens with two attached hydrogens (primary N) is 1. The Kier molecular flexibility index (Phi) is 3.13. The van der Waals surface area contributed by atoms with Crippen LogP contribution in [0, 0.1) is 5.92 Å². The minimum atomic E-state index is -3.52. The van der Waals surface area contributed by atoms with Gasteiger partial charge < -0.3 is 5.73 Å². The molecule has 7 heteroatoms. The molecule has 0 radical (unpaired) electrons. The Labute approximate surface area is 101 Å². The summed E-state index contributed by atoms with van der Waals surface area (Å²) in [5.74, 6) is 0.474. The molecule has 0 aromatic carbocycles. The van der Waals surface area contributed by atoms with Gasteiger partial charge in [0, 0.05) is 12.6 Å². The fraction of sp³-hybridized carbons (Fsp3) is 0.700. The molecule has 1 saturated heterocycles. The maximum atomic E-state index is 12.4. The molecule has 0 spiro atoms. The minimum absolute atomic E-state index is 0.00282. The Morgan fingerprint density at radius 1 is 1.53 bits per heavy atom. The summed E-state index contributed by atoms with van der Waals surface area (Å²) in [5.41, 5.74) is 5.59. The standard InChI is InChI=1S/C10H18N4O2S/c1-7-4-3-5-14(8(7)2)17(15,16)9-6-12-13-10(9)11/h6-8H,3-5H2,1-2H3,(H3,11,12,13). The monoisotopic (exact) mass is 258 g/mol. The number of hydrogen-bond acceptors (Lipinski definition) is 4. The summed E-state index contributed by atoms with van der Waals surface area (Å²) in [6.07, 6.45) is 3.23. The predicted molar refractivity (Wildman–Crippen MR) is 64.8 cm³/mol. The summed E-state index contributed by atoms with van der Waals surface area (Å²) in [6, 6.07) is 0.00282. The van der Waals surface area contributed by atoms with Crippen molar-refractivity contribution in [1.82, 2.24) is 14.5 Å². The van der Waals surface area contributed by atoms with E-state index in [9.17, 15) is 8.42 Å². The van der Waals surface area contributed by atoms with Crippen LogP contribution in [0.2, 0.25) is 0 Å². The summed E-state index contributed by atoms with van der Waals surface area (Å²) in [6.45, 7) is 4.57. The molecular formula is C10H18N4O2S. The summed E-state index contributed by atoms with van der Waals surface area (Å²) >= 11 is 0. The van der Waals surface area contributed by atoms with Gasteiger partial charge in [-0.25, -0.2) is 8.42 Å². The van der Waals surface area contributed by atoms with Gasteiger partial charge in [-0.05, 0) is 25.7 Å². The summed E-state index contributed by atoms with van der Waals surface area (Å²) in [5, 5.41) is 6.13. The number of hydrogen-bond donors (Lipinski definition) is 2. The molecule has 6 nitrogen and oxygen atoms in total. The third-order valence-electron chi connectivity index (χ3n) is 3.53. The molecule has 1 aliphatic heterocycles. The number of sulfonamides is 1. The number of rotatable bonds is 2. The highest BCUT2D eigenvalue weighted by Gasteiger charge is 2.36.